The van der Waals surface area contributed by atoms with E-state index < -0.39 is 15.9 Å². The molecule has 1 amide bonds. The van der Waals surface area contributed by atoms with Crippen molar-refractivity contribution in [3.63, 3.8) is 0 Å². The predicted octanol–water partition coefficient (Wildman–Crippen LogP) is 4.11. The van der Waals surface area contributed by atoms with Crippen LogP contribution in [0.2, 0.25) is 0 Å². The maximum Gasteiger partial charge on any atom is 0.286 e. The zero-order valence-electron chi connectivity index (χ0n) is 17.7. The molecular weight excluding hydrogens is 451 g/mol. The monoisotopic (exact) mass is 474 g/mol. The number of benzene rings is 2. The number of carbonyl (C=O) groups is 1. The smallest absolute Gasteiger partial charge is 0.286 e. The number of carbonyl (C=O) groups excluding carboxylic acids is 1. The van der Waals surface area contributed by atoms with Gasteiger partial charge in [0.15, 0.2) is 0 Å². The van der Waals surface area contributed by atoms with Gasteiger partial charge in [-0.25, -0.2) is 12.8 Å². The molecule has 3 aromatic rings. The Morgan fingerprint density at radius 3 is 2.59 bits per heavy atom. The molecule has 0 bridgehead atoms. The number of anilines is 1. The molecule has 1 aromatic heterocycles. The molecule has 1 saturated heterocycles. The molecule has 0 radical (unpaired) electrons. The second-order valence-corrected chi connectivity index (χ2v) is 10.8. The van der Waals surface area contributed by atoms with E-state index in [-0.39, 0.29) is 21.6 Å². The Bertz CT molecular complexity index is 1240. The molecule has 1 fully saturated rings. The minimum Gasteiger partial charge on any atom is -0.320 e. The Labute approximate surface area is 190 Å². The average molecular weight is 475 g/mol. The maximum atomic E-state index is 13.2. The predicted molar refractivity (Wildman–Crippen MR) is 121 cm³/mol. The number of sulfonamides is 1. The molecule has 7 nitrogen and oxygen atoms in total. The summed E-state index contributed by atoms with van der Waals surface area (Å²) in [4.78, 5) is 12.7. The molecule has 10 heteroatoms. The van der Waals surface area contributed by atoms with Crippen molar-refractivity contribution in [2.24, 2.45) is 0 Å². The van der Waals surface area contributed by atoms with Crippen molar-refractivity contribution in [1.82, 2.24) is 14.5 Å². The van der Waals surface area contributed by atoms with Gasteiger partial charge in [-0.3, -0.25) is 4.79 Å². The van der Waals surface area contributed by atoms with Crippen molar-refractivity contribution >= 4 is 33.0 Å². The summed E-state index contributed by atoms with van der Waals surface area (Å²) in [5, 5.41) is 11.6. The average Bonchev–Trinajstić information content (AvgIpc) is 3.28. The van der Waals surface area contributed by atoms with E-state index in [2.05, 4.69) is 15.5 Å². The zero-order valence-corrected chi connectivity index (χ0v) is 19.3. The quantitative estimate of drug-likeness (QED) is 0.601. The van der Waals surface area contributed by atoms with Gasteiger partial charge in [-0.15, -0.1) is 10.2 Å². The Balaban J connectivity index is 1.48. The van der Waals surface area contributed by atoms with Crippen LogP contribution in [0.3, 0.4) is 0 Å². The zero-order chi connectivity index (χ0) is 22.9. The third-order valence-corrected chi connectivity index (χ3v) is 8.53. The number of aromatic nitrogens is 2. The highest BCUT2D eigenvalue weighted by Crippen LogP contribution is 2.32. The van der Waals surface area contributed by atoms with Gasteiger partial charge in [0.25, 0.3) is 5.91 Å². The lowest BCUT2D eigenvalue weighted by Gasteiger charge is -2.30. The fourth-order valence-corrected chi connectivity index (χ4v) is 6.07. The first-order valence-electron chi connectivity index (χ1n) is 10.2. The molecule has 2 aromatic carbocycles. The Hall–Kier alpha value is -2.69. The second kappa shape index (κ2) is 9.05. The van der Waals surface area contributed by atoms with Crippen molar-refractivity contribution in [2.45, 2.75) is 37.5 Å². The van der Waals surface area contributed by atoms with Crippen molar-refractivity contribution in [2.75, 3.05) is 18.4 Å². The number of hydrogen-bond donors (Lipinski definition) is 1. The van der Waals surface area contributed by atoms with Gasteiger partial charge in [0.1, 0.15) is 10.8 Å². The first-order chi connectivity index (χ1) is 15.2. The summed E-state index contributed by atoms with van der Waals surface area (Å²) < 4.78 is 40.9. The minimum absolute atomic E-state index is 0.130. The van der Waals surface area contributed by atoms with Crippen LogP contribution in [0.5, 0.6) is 0 Å². The van der Waals surface area contributed by atoms with Crippen molar-refractivity contribution in [3.8, 4) is 0 Å². The number of nitrogens with one attached hydrogen (secondary N) is 1. The normalized spacial score (nSPS) is 17.3. The molecule has 1 N–H and O–H groups in total. The summed E-state index contributed by atoms with van der Waals surface area (Å²) in [5.41, 5.74) is 2.43. The molecule has 0 saturated carbocycles. The summed E-state index contributed by atoms with van der Waals surface area (Å²) in [5.74, 6) is -0.954. The molecule has 1 aliphatic rings. The summed E-state index contributed by atoms with van der Waals surface area (Å²) >= 11 is 1.15. The van der Waals surface area contributed by atoms with Gasteiger partial charge in [-0.2, -0.15) is 4.31 Å². The summed E-state index contributed by atoms with van der Waals surface area (Å²) in [6, 6.07) is 10.6. The highest BCUT2D eigenvalue weighted by atomic mass is 32.2. The van der Waals surface area contributed by atoms with Crippen LogP contribution in [0.4, 0.5) is 10.1 Å². The molecule has 0 aliphatic carbocycles. The molecule has 4 rings (SSSR count). The van der Waals surface area contributed by atoms with E-state index in [0.717, 1.165) is 28.9 Å². The Morgan fingerprint density at radius 2 is 1.88 bits per heavy atom. The van der Waals surface area contributed by atoms with Gasteiger partial charge in [0.05, 0.1) is 4.90 Å². The number of hydrogen-bond acceptors (Lipinski definition) is 6. The SMILES string of the molecule is Cc1ccc(S(=O)(=O)N2CCCC(c3nnc(C(=O)Nc4ccc(F)cc4)s3)C2)cc1C. The lowest BCUT2D eigenvalue weighted by atomic mass is 10.0. The fraction of sp³-hybridized carbons (Fsp3) is 0.318. The van der Waals surface area contributed by atoms with Gasteiger partial charge in [-0.1, -0.05) is 17.4 Å². The number of rotatable bonds is 5. The molecule has 1 unspecified atom stereocenters. The van der Waals surface area contributed by atoms with Crippen LogP contribution >= 0.6 is 11.3 Å². The fourth-order valence-electron chi connectivity index (χ4n) is 3.59. The van der Waals surface area contributed by atoms with Gasteiger partial charge in [-0.05, 0) is 74.2 Å². The summed E-state index contributed by atoms with van der Waals surface area (Å²) in [6.07, 6.45) is 1.47. The highest BCUT2D eigenvalue weighted by molar-refractivity contribution is 7.89. The van der Waals surface area contributed by atoms with Crippen LogP contribution in [0.15, 0.2) is 47.4 Å². The first kappa shape index (κ1) is 22.5. The Morgan fingerprint density at radius 1 is 1.12 bits per heavy atom. The van der Waals surface area contributed by atoms with Crippen LogP contribution in [0, 0.1) is 19.7 Å². The molecule has 168 valence electrons. The molecule has 32 heavy (non-hydrogen) atoms. The first-order valence-corrected chi connectivity index (χ1v) is 12.5. The van der Waals surface area contributed by atoms with Gasteiger partial charge in [0, 0.05) is 24.7 Å². The lowest BCUT2D eigenvalue weighted by molar-refractivity contribution is 0.102. The topological polar surface area (TPSA) is 92.3 Å². The number of amides is 1. The minimum atomic E-state index is -3.62. The molecule has 0 spiro atoms. The van der Waals surface area contributed by atoms with Crippen LogP contribution in [-0.2, 0) is 10.0 Å². The molecule has 2 heterocycles. The summed E-state index contributed by atoms with van der Waals surface area (Å²) in [6.45, 7) is 4.58. The van der Waals surface area contributed by atoms with Crippen LogP contribution in [-0.4, -0.2) is 41.9 Å². The van der Waals surface area contributed by atoms with E-state index in [0.29, 0.717) is 30.2 Å². The number of aryl methyl sites for hydroxylation is 2. The third kappa shape index (κ3) is 4.72. The number of halogens is 1. The maximum absolute atomic E-state index is 13.2. The van der Waals surface area contributed by atoms with Crippen molar-refractivity contribution in [3.05, 3.63) is 69.4 Å². The highest BCUT2D eigenvalue weighted by Gasteiger charge is 2.33. The molecule has 1 aliphatic heterocycles. The van der Waals surface area contributed by atoms with E-state index in [9.17, 15) is 17.6 Å². The number of nitrogens with zero attached hydrogens (tertiary/aromatic N) is 3. The third-order valence-electron chi connectivity index (χ3n) is 5.59. The van der Waals surface area contributed by atoms with E-state index in [1.165, 1.54) is 28.6 Å². The van der Waals surface area contributed by atoms with Crippen LogP contribution in [0.25, 0.3) is 0 Å². The van der Waals surface area contributed by atoms with Crippen molar-refractivity contribution < 1.29 is 17.6 Å². The van der Waals surface area contributed by atoms with Gasteiger partial charge < -0.3 is 5.32 Å². The van der Waals surface area contributed by atoms with Crippen LogP contribution in [0.1, 0.15) is 44.7 Å². The Kier molecular flexibility index (Phi) is 6.36. The molecular formula is C22H23FN4O3S2. The van der Waals surface area contributed by atoms with E-state index in [1.807, 2.05) is 19.9 Å². The van der Waals surface area contributed by atoms with Crippen LogP contribution < -0.4 is 5.32 Å². The summed E-state index contributed by atoms with van der Waals surface area (Å²) in [7, 11) is -3.62. The van der Waals surface area contributed by atoms with Gasteiger partial charge in [0.2, 0.25) is 15.0 Å². The standard InChI is InChI=1S/C22H23FN4O3S2/c1-14-5-10-19(12-15(14)2)32(29,30)27-11-3-4-16(13-27)21-25-26-22(31-21)20(28)24-18-8-6-17(23)7-9-18/h5-10,12,16H,3-4,11,13H2,1-2H3,(H,24,28). The number of piperidine rings is 1. The second-order valence-electron chi connectivity index (χ2n) is 7.85. The lowest BCUT2D eigenvalue weighted by Crippen LogP contribution is -2.39. The molecule has 1 atom stereocenters. The van der Waals surface area contributed by atoms with Gasteiger partial charge >= 0.3 is 0 Å². The van der Waals surface area contributed by atoms with E-state index in [1.54, 1.807) is 12.1 Å². The van der Waals surface area contributed by atoms with E-state index in [4.69, 9.17) is 0 Å². The van der Waals surface area contributed by atoms with Crippen molar-refractivity contribution in [1.29, 1.82) is 0 Å². The largest absolute Gasteiger partial charge is 0.320 e. The van der Waals surface area contributed by atoms with E-state index >= 15 is 0 Å².